The van der Waals surface area contributed by atoms with Gasteiger partial charge in [-0.15, -0.1) is 22.7 Å². The topological polar surface area (TPSA) is 46.1 Å². The molecule has 0 saturated carbocycles. The number of thiazole rings is 2. The van der Waals surface area contributed by atoms with Crippen molar-refractivity contribution in [2.75, 3.05) is 12.8 Å². The number of para-hydroxylation sites is 2. The predicted octanol–water partition coefficient (Wildman–Crippen LogP) is 4.66. The van der Waals surface area contributed by atoms with Crippen LogP contribution in [0.4, 0.5) is 0 Å². The van der Waals surface area contributed by atoms with Gasteiger partial charge in [0.15, 0.2) is 4.34 Å². The Morgan fingerprint density at radius 3 is 2.32 bits per heavy atom. The lowest BCUT2D eigenvalue weighted by Gasteiger charge is -2.14. The molecule has 2 aromatic heterocycles. The van der Waals surface area contributed by atoms with Gasteiger partial charge in [0, 0.05) is 7.05 Å². The SMILES string of the molecule is CN(Cc1nc2ccccc2s1)C(=O)CSc1nc2ccccc2s1. The molecule has 2 heterocycles. The van der Waals surface area contributed by atoms with E-state index in [1.165, 1.54) is 11.8 Å². The van der Waals surface area contributed by atoms with Gasteiger partial charge in [0.25, 0.3) is 0 Å². The fourth-order valence-corrected chi connectivity index (χ4v) is 5.46. The highest BCUT2D eigenvalue weighted by Crippen LogP contribution is 2.29. The molecule has 0 spiro atoms. The molecule has 7 heteroatoms. The molecule has 0 fully saturated rings. The molecule has 0 aliphatic heterocycles. The molecule has 4 nitrogen and oxygen atoms in total. The highest BCUT2D eigenvalue weighted by molar-refractivity contribution is 8.01. The number of hydrogen-bond donors (Lipinski definition) is 0. The number of carbonyl (C=O) groups excluding carboxylic acids is 1. The number of thioether (sulfide) groups is 1. The second kappa shape index (κ2) is 7.11. The van der Waals surface area contributed by atoms with E-state index < -0.39 is 0 Å². The van der Waals surface area contributed by atoms with Crippen LogP contribution in [-0.2, 0) is 11.3 Å². The highest BCUT2D eigenvalue weighted by Gasteiger charge is 2.14. The van der Waals surface area contributed by atoms with Gasteiger partial charge < -0.3 is 4.90 Å². The molecule has 0 bridgehead atoms. The molecule has 4 rings (SSSR count). The highest BCUT2D eigenvalue weighted by atomic mass is 32.2. The quantitative estimate of drug-likeness (QED) is 0.469. The van der Waals surface area contributed by atoms with Crippen molar-refractivity contribution in [3.8, 4) is 0 Å². The third-order valence-corrected chi connectivity index (χ3v) is 6.92. The van der Waals surface area contributed by atoms with Crippen LogP contribution in [0.3, 0.4) is 0 Å². The average molecular weight is 386 g/mol. The first-order chi connectivity index (χ1) is 12.2. The molecule has 0 aliphatic carbocycles. The van der Waals surface area contributed by atoms with E-state index in [2.05, 4.69) is 22.1 Å². The number of carbonyl (C=O) groups is 1. The van der Waals surface area contributed by atoms with Crippen molar-refractivity contribution in [1.29, 1.82) is 0 Å². The Balaban J connectivity index is 1.38. The third-order valence-electron chi connectivity index (χ3n) is 3.73. The lowest BCUT2D eigenvalue weighted by Crippen LogP contribution is -2.27. The molecule has 0 atom stereocenters. The van der Waals surface area contributed by atoms with Crippen LogP contribution in [0.2, 0.25) is 0 Å². The molecule has 126 valence electrons. The van der Waals surface area contributed by atoms with Gasteiger partial charge in [-0.1, -0.05) is 36.0 Å². The zero-order valence-corrected chi connectivity index (χ0v) is 16.0. The number of nitrogens with zero attached hydrogens (tertiary/aromatic N) is 3. The maximum Gasteiger partial charge on any atom is 0.233 e. The van der Waals surface area contributed by atoms with Crippen molar-refractivity contribution in [2.24, 2.45) is 0 Å². The van der Waals surface area contributed by atoms with Crippen molar-refractivity contribution in [2.45, 2.75) is 10.9 Å². The van der Waals surface area contributed by atoms with Crippen molar-refractivity contribution < 1.29 is 4.79 Å². The van der Waals surface area contributed by atoms with Crippen LogP contribution in [0.15, 0.2) is 52.9 Å². The molecule has 0 unspecified atom stereocenters. The number of benzene rings is 2. The zero-order valence-electron chi connectivity index (χ0n) is 13.5. The minimum Gasteiger partial charge on any atom is -0.338 e. The monoisotopic (exact) mass is 385 g/mol. The molecule has 0 N–H and O–H groups in total. The van der Waals surface area contributed by atoms with E-state index in [0.717, 1.165) is 29.8 Å². The van der Waals surface area contributed by atoms with Crippen LogP contribution in [0.25, 0.3) is 20.4 Å². The van der Waals surface area contributed by atoms with E-state index in [9.17, 15) is 4.79 Å². The van der Waals surface area contributed by atoms with Crippen molar-refractivity contribution in [1.82, 2.24) is 14.9 Å². The number of rotatable bonds is 5. The fourth-order valence-electron chi connectivity index (χ4n) is 2.43. The van der Waals surface area contributed by atoms with Crippen LogP contribution in [0, 0.1) is 0 Å². The lowest BCUT2D eigenvalue weighted by atomic mass is 10.3. The smallest absolute Gasteiger partial charge is 0.233 e. The van der Waals surface area contributed by atoms with Crippen LogP contribution < -0.4 is 0 Å². The summed E-state index contributed by atoms with van der Waals surface area (Å²) in [6.45, 7) is 0.540. The van der Waals surface area contributed by atoms with Gasteiger partial charge in [0.2, 0.25) is 5.91 Å². The summed E-state index contributed by atoms with van der Waals surface area (Å²) in [5.41, 5.74) is 1.98. The van der Waals surface area contributed by atoms with E-state index in [4.69, 9.17) is 0 Å². The minimum absolute atomic E-state index is 0.0866. The number of hydrogen-bond acceptors (Lipinski definition) is 6. The number of amides is 1. The standard InChI is InChI=1S/C18H15N3OS3/c1-21(10-16-19-12-6-2-4-8-14(12)24-16)17(22)11-23-18-20-13-7-3-5-9-15(13)25-18/h2-9H,10-11H2,1H3. The first-order valence-corrected chi connectivity index (χ1v) is 10.4. The van der Waals surface area contributed by atoms with Gasteiger partial charge in [0.1, 0.15) is 5.01 Å². The largest absolute Gasteiger partial charge is 0.338 e. The van der Waals surface area contributed by atoms with E-state index >= 15 is 0 Å². The van der Waals surface area contributed by atoms with Gasteiger partial charge in [-0.3, -0.25) is 4.79 Å². The van der Waals surface area contributed by atoms with Gasteiger partial charge in [0.05, 0.1) is 32.7 Å². The summed E-state index contributed by atoms with van der Waals surface area (Å²) in [4.78, 5) is 23.3. The Bertz CT molecular complexity index is 974. The second-order valence-corrected chi connectivity index (χ2v) is 8.93. The van der Waals surface area contributed by atoms with E-state index in [0.29, 0.717) is 12.3 Å². The third kappa shape index (κ3) is 3.68. The molecule has 0 radical (unpaired) electrons. The van der Waals surface area contributed by atoms with Crippen molar-refractivity contribution in [3.05, 3.63) is 53.5 Å². The molecule has 2 aromatic carbocycles. The summed E-state index contributed by atoms with van der Waals surface area (Å²) in [5.74, 6) is 0.477. The second-order valence-electron chi connectivity index (χ2n) is 5.56. The fraction of sp³-hybridized carbons (Fsp3) is 0.167. The molecule has 0 aliphatic rings. The molecule has 0 saturated heterocycles. The van der Waals surface area contributed by atoms with E-state index in [1.54, 1.807) is 27.6 Å². The maximum atomic E-state index is 12.4. The molecule has 25 heavy (non-hydrogen) atoms. The van der Waals surface area contributed by atoms with Gasteiger partial charge in [-0.2, -0.15) is 0 Å². The van der Waals surface area contributed by atoms with Gasteiger partial charge >= 0.3 is 0 Å². The number of fused-ring (bicyclic) bond motifs is 2. The lowest BCUT2D eigenvalue weighted by molar-refractivity contribution is -0.127. The van der Waals surface area contributed by atoms with Crippen LogP contribution >= 0.6 is 34.4 Å². The summed E-state index contributed by atoms with van der Waals surface area (Å²) in [7, 11) is 1.83. The predicted molar refractivity (Wildman–Crippen MR) is 106 cm³/mol. The molecular weight excluding hydrogens is 370 g/mol. The average Bonchev–Trinajstić information content (AvgIpc) is 3.22. The Morgan fingerprint density at radius 1 is 1.00 bits per heavy atom. The minimum atomic E-state index is 0.0866. The van der Waals surface area contributed by atoms with Gasteiger partial charge in [-0.05, 0) is 24.3 Å². The van der Waals surface area contributed by atoms with Crippen molar-refractivity contribution >= 4 is 60.8 Å². The Kier molecular flexibility index (Phi) is 4.70. The summed E-state index contributed by atoms with van der Waals surface area (Å²) in [6.07, 6.45) is 0. The normalized spacial score (nSPS) is 11.2. The van der Waals surface area contributed by atoms with Crippen LogP contribution in [-0.4, -0.2) is 33.6 Å². The summed E-state index contributed by atoms with van der Waals surface area (Å²) < 4.78 is 3.24. The zero-order chi connectivity index (χ0) is 17.2. The number of aromatic nitrogens is 2. The van der Waals surface area contributed by atoms with E-state index in [1.807, 2.05) is 43.4 Å². The van der Waals surface area contributed by atoms with Crippen LogP contribution in [0.5, 0.6) is 0 Å². The van der Waals surface area contributed by atoms with E-state index in [-0.39, 0.29) is 5.91 Å². The first-order valence-electron chi connectivity index (χ1n) is 7.76. The van der Waals surface area contributed by atoms with Crippen molar-refractivity contribution in [3.63, 3.8) is 0 Å². The Morgan fingerprint density at radius 2 is 1.64 bits per heavy atom. The Labute approximate surface area is 157 Å². The Hall–Kier alpha value is -1.96. The molecular formula is C18H15N3OS3. The molecule has 1 amide bonds. The summed E-state index contributed by atoms with van der Waals surface area (Å²) in [5, 5.41) is 0.960. The summed E-state index contributed by atoms with van der Waals surface area (Å²) >= 11 is 4.76. The first kappa shape index (κ1) is 16.5. The maximum absolute atomic E-state index is 12.4. The molecule has 4 aromatic rings. The summed E-state index contributed by atoms with van der Waals surface area (Å²) in [6, 6.07) is 16.1. The van der Waals surface area contributed by atoms with Gasteiger partial charge in [-0.25, -0.2) is 9.97 Å². The van der Waals surface area contributed by atoms with Crippen LogP contribution in [0.1, 0.15) is 5.01 Å².